The Morgan fingerprint density at radius 2 is 1.75 bits per heavy atom. The van der Waals surface area contributed by atoms with E-state index in [1.807, 2.05) is 18.2 Å². The number of nitrogens with zero attached hydrogens (tertiary/aromatic N) is 2. The summed E-state index contributed by atoms with van der Waals surface area (Å²) in [5.74, 6) is 0.460. The summed E-state index contributed by atoms with van der Waals surface area (Å²) in [5, 5.41) is 12.0. The molecule has 4 rings (SSSR count). The van der Waals surface area contributed by atoms with Gasteiger partial charge in [0.1, 0.15) is 5.82 Å². The zero-order valence-corrected chi connectivity index (χ0v) is 15.7. The second-order valence-electron chi connectivity index (χ2n) is 6.48. The minimum atomic E-state index is -0.393. The largest absolute Gasteiger partial charge is 0.342 e. The van der Waals surface area contributed by atoms with Crippen LogP contribution < -0.4 is 0 Å². The lowest BCUT2D eigenvalue weighted by Gasteiger charge is -2.05. The number of non-ortho nitro benzene ring substituents is 1. The smallest absolute Gasteiger partial charge is 0.269 e. The zero-order chi connectivity index (χ0) is 19.5. The van der Waals surface area contributed by atoms with Crippen molar-refractivity contribution in [2.24, 2.45) is 0 Å². The molecule has 4 aromatic rings. The van der Waals surface area contributed by atoms with Crippen LogP contribution in [0.3, 0.4) is 0 Å². The molecule has 4 nitrogen and oxygen atoms in total. The van der Waals surface area contributed by atoms with Crippen molar-refractivity contribution in [3.8, 4) is 0 Å². The van der Waals surface area contributed by atoms with Crippen molar-refractivity contribution in [1.29, 1.82) is 0 Å². The van der Waals surface area contributed by atoms with E-state index in [0.29, 0.717) is 12.3 Å². The first-order valence-corrected chi connectivity index (χ1v) is 9.77. The van der Waals surface area contributed by atoms with Crippen molar-refractivity contribution >= 4 is 28.4 Å². The molecule has 140 valence electrons. The fraction of sp³-hybridized carbons (Fsp3) is 0.0909. The molecule has 0 aliphatic carbocycles. The van der Waals surface area contributed by atoms with E-state index in [2.05, 4.69) is 22.9 Å². The van der Waals surface area contributed by atoms with E-state index < -0.39 is 4.92 Å². The molecule has 0 aliphatic heterocycles. The third-order valence-corrected chi connectivity index (χ3v) is 5.65. The number of nitro groups is 1. The molecule has 0 spiro atoms. The van der Waals surface area contributed by atoms with E-state index in [-0.39, 0.29) is 11.5 Å². The van der Waals surface area contributed by atoms with Gasteiger partial charge in [-0.1, -0.05) is 42.5 Å². The molecule has 28 heavy (non-hydrogen) atoms. The van der Waals surface area contributed by atoms with Crippen LogP contribution in [0, 0.1) is 15.9 Å². The standard InChI is InChI=1S/C22H17FN2O2S/c23-18-5-3-4-17(12-18)15-28-22-14-24(21-7-2-1-6-20(21)22)13-16-8-10-19(11-9-16)25(26)27/h1-12,14H,13,15H2. The van der Waals surface area contributed by atoms with Gasteiger partial charge in [-0.3, -0.25) is 10.1 Å². The van der Waals surface area contributed by atoms with E-state index >= 15 is 0 Å². The maximum Gasteiger partial charge on any atom is 0.269 e. The Labute approximate surface area is 165 Å². The van der Waals surface area contributed by atoms with Gasteiger partial charge in [-0.15, -0.1) is 11.8 Å². The average molecular weight is 392 g/mol. The Morgan fingerprint density at radius 1 is 0.964 bits per heavy atom. The molecule has 0 amide bonds. The third kappa shape index (κ3) is 3.92. The maximum atomic E-state index is 13.4. The van der Waals surface area contributed by atoms with Gasteiger partial charge >= 0.3 is 0 Å². The van der Waals surface area contributed by atoms with Gasteiger partial charge in [-0.05, 0) is 29.3 Å². The molecule has 0 aliphatic rings. The van der Waals surface area contributed by atoms with Crippen LogP contribution in [0.4, 0.5) is 10.1 Å². The summed E-state index contributed by atoms with van der Waals surface area (Å²) in [6, 6.07) is 21.4. The highest BCUT2D eigenvalue weighted by molar-refractivity contribution is 7.98. The van der Waals surface area contributed by atoms with Crippen molar-refractivity contribution < 1.29 is 9.31 Å². The molecule has 0 bridgehead atoms. The molecule has 3 aromatic carbocycles. The Bertz CT molecular complexity index is 1140. The van der Waals surface area contributed by atoms with E-state index in [0.717, 1.165) is 26.9 Å². The lowest BCUT2D eigenvalue weighted by atomic mass is 10.2. The Hall–Kier alpha value is -3.12. The van der Waals surface area contributed by atoms with Gasteiger partial charge in [0, 0.05) is 46.4 Å². The number of halogens is 1. The van der Waals surface area contributed by atoms with Crippen LogP contribution in [0.5, 0.6) is 0 Å². The molecule has 1 aromatic heterocycles. The lowest BCUT2D eigenvalue weighted by Crippen LogP contribution is -1.98. The van der Waals surface area contributed by atoms with Crippen LogP contribution in [-0.4, -0.2) is 9.49 Å². The maximum absolute atomic E-state index is 13.4. The van der Waals surface area contributed by atoms with Gasteiger partial charge in [-0.25, -0.2) is 4.39 Å². The van der Waals surface area contributed by atoms with E-state index in [1.165, 1.54) is 18.2 Å². The number of hydrogen-bond donors (Lipinski definition) is 0. The van der Waals surface area contributed by atoms with Gasteiger partial charge in [0.15, 0.2) is 0 Å². The van der Waals surface area contributed by atoms with Crippen molar-refractivity contribution in [2.75, 3.05) is 0 Å². The summed E-state index contributed by atoms with van der Waals surface area (Å²) in [6.45, 7) is 0.624. The molecule has 0 unspecified atom stereocenters. The molecule has 1 heterocycles. The predicted molar refractivity (Wildman–Crippen MR) is 110 cm³/mol. The fourth-order valence-electron chi connectivity index (χ4n) is 3.17. The van der Waals surface area contributed by atoms with Gasteiger partial charge in [0.25, 0.3) is 5.69 Å². The Balaban J connectivity index is 1.59. The fourth-order valence-corrected chi connectivity index (χ4v) is 4.20. The van der Waals surface area contributed by atoms with Crippen molar-refractivity contribution in [1.82, 2.24) is 4.57 Å². The molecule has 0 atom stereocenters. The van der Waals surface area contributed by atoms with Crippen LogP contribution in [-0.2, 0) is 12.3 Å². The number of fused-ring (bicyclic) bond motifs is 1. The van der Waals surface area contributed by atoms with E-state index in [1.54, 1.807) is 36.0 Å². The SMILES string of the molecule is O=[N+]([O-])c1ccc(Cn2cc(SCc3cccc(F)c3)c3ccccc32)cc1. The molecule has 0 fully saturated rings. The summed E-state index contributed by atoms with van der Waals surface area (Å²) >= 11 is 1.67. The van der Waals surface area contributed by atoms with E-state index in [4.69, 9.17) is 0 Å². The number of aromatic nitrogens is 1. The molecular formula is C22H17FN2O2S. The minimum absolute atomic E-state index is 0.0902. The van der Waals surface area contributed by atoms with Gasteiger partial charge < -0.3 is 4.57 Å². The minimum Gasteiger partial charge on any atom is -0.342 e. The number of nitro benzene ring substituents is 1. The number of thioether (sulfide) groups is 1. The molecule has 6 heteroatoms. The van der Waals surface area contributed by atoms with Gasteiger partial charge in [-0.2, -0.15) is 0 Å². The number of para-hydroxylation sites is 1. The highest BCUT2D eigenvalue weighted by Crippen LogP contribution is 2.32. The first kappa shape index (κ1) is 18.3. The second kappa shape index (κ2) is 7.86. The van der Waals surface area contributed by atoms with Crippen LogP contribution >= 0.6 is 11.8 Å². The topological polar surface area (TPSA) is 48.1 Å². The normalized spacial score (nSPS) is 11.0. The number of benzene rings is 3. The quantitative estimate of drug-likeness (QED) is 0.229. The van der Waals surface area contributed by atoms with Crippen LogP contribution in [0.2, 0.25) is 0 Å². The molecular weight excluding hydrogens is 375 g/mol. The first-order chi connectivity index (χ1) is 13.6. The number of rotatable bonds is 6. The molecule has 0 saturated heterocycles. The summed E-state index contributed by atoms with van der Waals surface area (Å²) in [4.78, 5) is 11.6. The highest BCUT2D eigenvalue weighted by atomic mass is 32.2. The first-order valence-electron chi connectivity index (χ1n) is 8.78. The van der Waals surface area contributed by atoms with Gasteiger partial charge in [0.2, 0.25) is 0 Å². The third-order valence-electron chi connectivity index (χ3n) is 4.54. The molecule has 0 radical (unpaired) electrons. The van der Waals surface area contributed by atoms with Crippen molar-refractivity contribution in [3.63, 3.8) is 0 Å². The predicted octanol–water partition coefficient (Wildman–Crippen LogP) is 6.03. The van der Waals surface area contributed by atoms with Gasteiger partial charge in [0.05, 0.1) is 4.92 Å². The lowest BCUT2D eigenvalue weighted by molar-refractivity contribution is -0.384. The Morgan fingerprint density at radius 3 is 2.50 bits per heavy atom. The summed E-state index contributed by atoms with van der Waals surface area (Å²) in [7, 11) is 0. The van der Waals surface area contributed by atoms with E-state index in [9.17, 15) is 14.5 Å². The summed E-state index contributed by atoms with van der Waals surface area (Å²) in [5.41, 5.74) is 3.13. The van der Waals surface area contributed by atoms with Crippen LogP contribution in [0.1, 0.15) is 11.1 Å². The Kier molecular flexibility index (Phi) is 5.12. The summed E-state index contributed by atoms with van der Waals surface area (Å²) < 4.78 is 15.6. The van der Waals surface area contributed by atoms with Crippen LogP contribution in [0.15, 0.2) is 83.9 Å². The zero-order valence-electron chi connectivity index (χ0n) is 14.9. The summed E-state index contributed by atoms with van der Waals surface area (Å²) in [6.07, 6.45) is 2.09. The number of hydrogen-bond acceptors (Lipinski definition) is 3. The highest BCUT2D eigenvalue weighted by Gasteiger charge is 2.11. The second-order valence-corrected chi connectivity index (χ2v) is 7.50. The molecule has 0 N–H and O–H groups in total. The van der Waals surface area contributed by atoms with Crippen molar-refractivity contribution in [3.05, 3.63) is 106 Å². The molecule has 0 saturated carbocycles. The van der Waals surface area contributed by atoms with Crippen LogP contribution in [0.25, 0.3) is 10.9 Å². The average Bonchev–Trinajstić information content (AvgIpc) is 3.05. The van der Waals surface area contributed by atoms with Crippen molar-refractivity contribution in [2.45, 2.75) is 17.2 Å². The monoisotopic (exact) mass is 392 g/mol.